The van der Waals surface area contributed by atoms with E-state index >= 15 is 0 Å². The van der Waals surface area contributed by atoms with Gasteiger partial charge >= 0.3 is 0 Å². The highest BCUT2D eigenvalue weighted by Gasteiger charge is 2.21. The van der Waals surface area contributed by atoms with E-state index in [0.29, 0.717) is 23.6 Å². The van der Waals surface area contributed by atoms with Crippen LogP contribution < -0.4 is 10.6 Å². The number of anilines is 1. The Bertz CT molecular complexity index is 960. The zero-order valence-electron chi connectivity index (χ0n) is 16.2. The van der Waals surface area contributed by atoms with Gasteiger partial charge < -0.3 is 15.2 Å². The maximum absolute atomic E-state index is 12.7. The number of aryl methyl sites for hydroxylation is 1. The molecule has 6 nitrogen and oxygen atoms in total. The number of carbonyl (C=O) groups is 2. The molecule has 0 saturated heterocycles. The van der Waals surface area contributed by atoms with Crippen LogP contribution in [-0.2, 0) is 11.3 Å². The Kier molecular flexibility index (Phi) is 5.89. The van der Waals surface area contributed by atoms with Crippen molar-refractivity contribution in [1.29, 1.82) is 0 Å². The third-order valence-electron chi connectivity index (χ3n) is 4.34. The molecule has 0 aliphatic heterocycles. The third kappa shape index (κ3) is 4.46. The Hall–Kier alpha value is -3.41. The standard InChI is InChI=1S/C22H23N3O3/c1-14(2)21(26)24-18-11-9-16(10-12-18)13-23-22(27)19-15(3)28-25-20(19)17-7-5-4-6-8-17/h4-12,14H,13H2,1-3H3,(H,23,27)(H,24,26). The summed E-state index contributed by atoms with van der Waals surface area (Å²) < 4.78 is 5.24. The molecule has 0 aliphatic rings. The van der Waals surface area contributed by atoms with Gasteiger partial charge in [0.2, 0.25) is 5.91 Å². The van der Waals surface area contributed by atoms with Gasteiger partial charge in [-0.05, 0) is 24.6 Å². The van der Waals surface area contributed by atoms with Gasteiger partial charge in [-0.2, -0.15) is 0 Å². The molecule has 144 valence electrons. The van der Waals surface area contributed by atoms with Crippen molar-refractivity contribution in [3.8, 4) is 11.3 Å². The van der Waals surface area contributed by atoms with Gasteiger partial charge in [-0.25, -0.2) is 0 Å². The van der Waals surface area contributed by atoms with Crippen LogP contribution in [0.2, 0.25) is 0 Å². The van der Waals surface area contributed by atoms with Crippen molar-refractivity contribution in [2.24, 2.45) is 5.92 Å². The lowest BCUT2D eigenvalue weighted by Gasteiger charge is -2.09. The SMILES string of the molecule is Cc1onc(-c2ccccc2)c1C(=O)NCc1ccc(NC(=O)C(C)C)cc1. The molecule has 3 aromatic rings. The summed E-state index contributed by atoms with van der Waals surface area (Å²) in [4.78, 5) is 24.5. The number of hydrogen-bond donors (Lipinski definition) is 2. The average Bonchev–Trinajstić information content (AvgIpc) is 3.09. The number of hydrogen-bond acceptors (Lipinski definition) is 4. The van der Waals surface area contributed by atoms with Crippen molar-refractivity contribution in [3.05, 3.63) is 71.5 Å². The van der Waals surface area contributed by atoms with Crippen LogP contribution in [0.1, 0.15) is 35.5 Å². The number of rotatable bonds is 6. The van der Waals surface area contributed by atoms with Crippen molar-refractivity contribution < 1.29 is 14.1 Å². The second-order valence-corrected chi connectivity index (χ2v) is 6.85. The molecule has 2 amide bonds. The third-order valence-corrected chi connectivity index (χ3v) is 4.34. The molecule has 0 atom stereocenters. The highest BCUT2D eigenvalue weighted by Crippen LogP contribution is 2.25. The summed E-state index contributed by atoms with van der Waals surface area (Å²) in [5.74, 6) is 0.125. The first-order valence-electron chi connectivity index (χ1n) is 9.15. The monoisotopic (exact) mass is 377 g/mol. The quantitative estimate of drug-likeness (QED) is 0.675. The van der Waals surface area contributed by atoms with E-state index in [1.165, 1.54) is 0 Å². The van der Waals surface area contributed by atoms with Crippen LogP contribution in [0.3, 0.4) is 0 Å². The van der Waals surface area contributed by atoms with Crippen molar-refractivity contribution in [2.45, 2.75) is 27.3 Å². The van der Waals surface area contributed by atoms with Crippen LogP contribution in [0.4, 0.5) is 5.69 Å². The minimum atomic E-state index is -0.241. The Labute approximate surface area is 163 Å². The maximum atomic E-state index is 12.7. The molecule has 0 fully saturated rings. The molecule has 3 rings (SSSR count). The van der Waals surface area contributed by atoms with E-state index in [-0.39, 0.29) is 17.7 Å². The number of benzene rings is 2. The lowest BCUT2D eigenvalue weighted by Crippen LogP contribution is -2.23. The summed E-state index contributed by atoms with van der Waals surface area (Å²) in [5.41, 5.74) is 3.45. The van der Waals surface area contributed by atoms with Gasteiger partial charge in [0, 0.05) is 23.7 Å². The molecule has 0 aliphatic carbocycles. The lowest BCUT2D eigenvalue weighted by molar-refractivity contribution is -0.118. The fraction of sp³-hybridized carbons (Fsp3) is 0.227. The van der Waals surface area contributed by atoms with E-state index in [0.717, 1.165) is 16.8 Å². The highest BCUT2D eigenvalue weighted by atomic mass is 16.5. The van der Waals surface area contributed by atoms with Gasteiger partial charge in [-0.1, -0.05) is 61.5 Å². The first-order valence-corrected chi connectivity index (χ1v) is 9.15. The van der Waals surface area contributed by atoms with E-state index in [1.54, 1.807) is 6.92 Å². The molecule has 1 heterocycles. The van der Waals surface area contributed by atoms with Crippen molar-refractivity contribution in [2.75, 3.05) is 5.32 Å². The summed E-state index contributed by atoms with van der Waals surface area (Å²) in [6.07, 6.45) is 0. The van der Waals surface area contributed by atoms with Gasteiger partial charge in [0.15, 0.2) is 0 Å². The lowest BCUT2D eigenvalue weighted by atomic mass is 10.1. The normalized spacial score (nSPS) is 10.7. The molecular formula is C22H23N3O3. The van der Waals surface area contributed by atoms with Gasteiger partial charge in [0.05, 0.1) is 0 Å². The topological polar surface area (TPSA) is 84.2 Å². The van der Waals surface area contributed by atoms with Crippen molar-refractivity contribution in [1.82, 2.24) is 10.5 Å². The van der Waals surface area contributed by atoms with E-state index in [9.17, 15) is 9.59 Å². The average molecular weight is 377 g/mol. The molecule has 0 bridgehead atoms. The Morgan fingerprint density at radius 1 is 1.04 bits per heavy atom. The zero-order chi connectivity index (χ0) is 20.1. The molecule has 2 aromatic carbocycles. The summed E-state index contributed by atoms with van der Waals surface area (Å²) in [5, 5.41) is 9.79. The molecular weight excluding hydrogens is 354 g/mol. The second-order valence-electron chi connectivity index (χ2n) is 6.85. The number of amides is 2. The minimum absolute atomic E-state index is 0.0302. The van der Waals surface area contributed by atoms with Crippen LogP contribution >= 0.6 is 0 Å². The maximum Gasteiger partial charge on any atom is 0.257 e. The summed E-state index contributed by atoms with van der Waals surface area (Å²) >= 11 is 0. The van der Waals surface area contributed by atoms with E-state index in [2.05, 4.69) is 15.8 Å². The Morgan fingerprint density at radius 2 is 1.71 bits per heavy atom. The van der Waals surface area contributed by atoms with Gasteiger partial charge in [-0.15, -0.1) is 0 Å². The molecule has 0 unspecified atom stereocenters. The van der Waals surface area contributed by atoms with E-state index < -0.39 is 0 Å². The number of nitrogens with zero attached hydrogens (tertiary/aromatic N) is 1. The fourth-order valence-corrected chi connectivity index (χ4v) is 2.70. The molecule has 2 N–H and O–H groups in total. The predicted molar refractivity (Wildman–Crippen MR) is 108 cm³/mol. The van der Waals surface area contributed by atoms with Crippen molar-refractivity contribution in [3.63, 3.8) is 0 Å². The van der Waals surface area contributed by atoms with Gasteiger partial charge in [0.1, 0.15) is 17.0 Å². The highest BCUT2D eigenvalue weighted by molar-refractivity contribution is 6.00. The second kappa shape index (κ2) is 8.52. The molecule has 0 saturated carbocycles. The zero-order valence-corrected chi connectivity index (χ0v) is 16.2. The molecule has 0 radical (unpaired) electrons. The van der Waals surface area contributed by atoms with Gasteiger partial charge in [-0.3, -0.25) is 9.59 Å². The van der Waals surface area contributed by atoms with Crippen LogP contribution in [0, 0.1) is 12.8 Å². The first kappa shape index (κ1) is 19.4. The number of carbonyl (C=O) groups excluding carboxylic acids is 2. The molecule has 0 spiro atoms. The summed E-state index contributed by atoms with van der Waals surface area (Å²) in [6, 6.07) is 16.8. The van der Waals surface area contributed by atoms with Gasteiger partial charge in [0.25, 0.3) is 5.91 Å². The fourth-order valence-electron chi connectivity index (χ4n) is 2.70. The largest absolute Gasteiger partial charge is 0.360 e. The van der Waals surface area contributed by atoms with E-state index in [4.69, 9.17) is 4.52 Å². The summed E-state index contributed by atoms with van der Waals surface area (Å²) in [7, 11) is 0. The first-order chi connectivity index (χ1) is 13.5. The minimum Gasteiger partial charge on any atom is -0.360 e. The predicted octanol–water partition coefficient (Wildman–Crippen LogP) is 4.17. The molecule has 28 heavy (non-hydrogen) atoms. The molecule has 6 heteroatoms. The summed E-state index contributed by atoms with van der Waals surface area (Å²) in [6.45, 7) is 5.77. The Balaban J connectivity index is 1.67. The van der Waals surface area contributed by atoms with Crippen LogP contribution in [-0.4, -0.2) is 17.0 Å². The van der Waals surface area contributed by atoms with Crippen LogP contribution in [0.15, 0.2) is 59.1 Å². The Morgan fingerprint density at radius 3 is 2.36 bits per heavy atom. The molecule has 1 aromatic heterocycles. The van der Waals surface area contributed by atoms with E-state index in [1.807, 2.05) is 68.4 Å². The number of nitrogens with one attached hydrogen (secondary N) is 2. The smallest absolute Gasteiger partial charge is 0.257 e. The van der Waals surface area contributed by atoms with Crippen LogP contribution in [0.25, 0.3) is 11.3 Å². The van der Waals surface area contributed by atoms with Crippen LogP contribution in [0.5, 0.6) is 0 Å². The number of aromatic nitrogens is 1. The van der Waals surface area contributed by atoms with Crippen molar-refractivity contribution >= 4 is 17.5 Å².